The van der Waals surface area contributed by atoms with Gasteiger partial charge in [-0.3, -0.25) is 0 Å². The van der Waals surface area contributed by atoms with Crippen molar-refractivity contribution in [2.45, 2.75) is 26.1 Å². The number of hydrogen-bond donors (Lipinski definition) is 0. The van der Waals surface area contributed by atoms with Crippen LogP contribution in [0.25, 0.3) is 0 Å². The zero-order valence-electron chi connectivity index (χ0n) is 9.41. The number of halogens is 3. The van der Waals surface area contributed by atoms with Crippen LogP contribution in [0.4, 0.5) is 13.2 Å². The monoisotopic (exact) mass is 263 g/mol. The van der Waals surface area contributed by atoms with Crippen molar-refractivity contribution in [1.82, 2.24) is 4.31 Å². The van der Waals surface area contributed by atoms with E-state index in [0.717, 1.165) is 17.5 Å². The van der Waals surface area contributed by atoms with Gasteiger partial charge in [0.25, 0.3) is 0 Å². The van der Waals surface area contributed by atoms with Crippen LogP contribution < -0.4 is 0 Å². The van der Waals surface area contributed by atoms with Gasteiger partial charge in [-0.1, -0.05) is 6.92 Å². The lowest BCUT2D eigenvalue weighted by atomic mass is 10.4. The zero-order chi connectivity index (χ0) is 13.0. The van der Waals surface area contributed by atoms with Gasteiger partial charge in [0.15, 0.2) is 6.10 Å². The zero-order valence-corrected chi connectivity index (χ0v) is 10.2. The molecule has 0 N–H and O–H groups in total. The highest BCUT2D eigenvalue weighted by Gasteiger charge is 2.36. The standard InChI is InChI=1S/C8H16F3NO3S/c1-4-12(16(3,13)14)5-6-15-7(2)8(9,10)11/h7H,4-6H2,1-3H3. The molecule has 0 aliphatic carbocycles. The van der Waals surface area contributed by atoms with Crippen LogP contribution in [-0.4, -0.2) is 51.0 Å². The van der Waals surface area contributed by atoms with E-state index < -0.39 is 22.3 Å². The first-order valence-corrected chi connectivity index (χ1v) is 6.57. The van der Waals surface area contributed by atoms with Crippen LogP contribution in [0, 0.1) is 0 Å². The third-order valence-corrected chi connectivity index (χ3v) is 3.37. The minimum Gasteiger partial charge on any atom is -0.368 e. The molecule has 0 bridgehead atoms. The quantitative estimate of drug-likeness (QED) is 0.724. The number of likely N-dealkylation sites (N-methyl/N-ethyl adjacent to an activating group) is 1. The van der Waals surface area contributed by atoms with E-state index in [4.69, 9.17) is 0 Å². The lowest BCUT2D eigenvalue weighted by molar-refractivity contribution is -0.214. The second kappa shape index (κ2) is 5.83. The molecule has 0 spiro atoms. The largest absolute Gasteiger partial charge is 0.414 e. The summed E-state index contributed by atoms with van der Waals surface area (Å²) in [6, 6.07) is 0. The van der Waals surface area contributed by atoms with E-state index in [0.29, 0.717) is 0 Å². The summed E-state index contributed by atoms with van der Waals surface area (Å²) < 4.78 is 63.8. The van der Waals surface area contributed by atoms with Crippen LogP contribution >= 0.6 is 0 Å². The van der Waals surface area contributed by atoms with Gasteiger partial charge >= 0.3 is 6.18 Å². The number of rotatable bonds is 6. The van der Waals surface area contributed by atoms with E-state index in [2.05, 4.69) is 4.74 Å². The average Bonchev–Trinajstić information content (AvgIpc) is 2.08. The molecule has 0 amide bonds. The minimum absolute atomic E-state index is 0.0737. The van der Waals surface area contributed by atoms with Gasteiger partial charge in [-0.25, -0.2) is 12.7 Å². The van der Waals surface area contributed by atoms with E-state index in [9.17, 15) is 21.6 Å². The predicted octanol–water partition coefficient (Wildman–Crippen LogP) is 1.24. The molecule has 8 heteroatoms. The third-order valence-electron chi connectivity index (χ3n) is 1.99. The molecule has 0 radical (unpaired) electrons. The molecular formula is C8H16F3NO3S. The van der Waals surface area contributed by atoms with Crippen molar-refractivity contribution in [3.63, 3.8) is 0 Å². The molecule has 16 heavy (non-hydrogen) atoms. The van der Waals surface area contributed by atoms with Crippen molar-refractivity contribution in [2.24, 2.45) is 0 Å². The summed E-state index contributed by atoms with van der Waals surface area (Å²) in [5.41, 5.74) is 0. The van der Waals surface area contributed by atoms with Crippen LogP contribution in [0.3, 0.4) is 0 Å². The van der Waals surface area contributed by atoms with Crippen molar-refractivity contribution in [3.05, 3.63) is 0 Å². The van der Waals surface area contributed by atoms with Crippen LogP contribution in [0.1, 0.15) is 13.8 Å². The van der Waals surface area contributed by atoms with Crippen molar-refractivity contribution in [2.75, 3.05) is 26.0 Å². The number of alkyl halides is 3. The Morgan fingerprint density at radius 1 is 1.38 bits per heavy atom. The van der Waals surface area contributed by atoms with E-state index in [1.54, 1.807) is 6.92 Å². The molecule has 0 aliphatic rings. The molecule has 0 aromatic rings. The van der Waals surface area contributed by atoms with Gasteiger partial charge in [0.2, 0.25) is 10.0 Å². The molecular weight excluding hydrogens is 247 g/mol. The Bertz CT molecular complexity index is 302. The second-order valence-electron chi connectivity index (χ2n) is 3.31. The van der Waals surface area contributed by atoms with Crippen molar-refractivity contribution in [3.8, 4) is 0 Å². The summed E-state index contributed by atoms with van der Waals surface area (Å²) in [6.07, 6.45) is -5.29. The first-order valence-electron chi connectivity index (χ1n) is 4.72. The van der Waals surface area contributed by atoms with Gasteiger partial charge in [0, 0.05) is 13.1 Å². The highest BCUT2D eigenvalue weighted by molar-refractivity contribution is 7.88. The smallest absolute Gasteiger partial charge is 0.368 e. The van der Waals surface area contributed by atoms with E-state index >= 15 is 0 Å². The van der Waals surface area contributed by atoms with Gasteiger partial charge < -0.3 is 4.74 Å². The first-order chi connectivity index (χ1) is 7.09. The van der Waals surface area contributed by atoms with Gasteiger partial charge in [0.1, 0.15) is 0 Å². The van der Waals surface area contributed by atoms with Crippen LogP contribution in [0.15, 0.2) is 0 Å². The molecule has 0 saturated heterocycles. The molecule has 0 rings (SSSR count). The number of ether oxygens (including phenoxy) is 1. The Kier molecular flexibility index (Phi) is 5.71. The number of hydrogen-bond acceptors (Lipinski definition) is 3. The highest BCUT2D eigenvalue weighted by Crippen LogP contribution is 2.22. The summed E-state index contributed by atoms with van der Waals surface area (Å²) >= 11 is 0. The molecule has 0 aromatic carbocycles. The highest BCUT2D eigenvalue weighted by atomic mass is 32.2. The first kappa shape index (κ1) is 15.7. The summed E-state index contributed by atoms with van der Waals surface area (Å²) in [6.45, 7) is 2.35. The Hall–Kier alpha value is -0.340. The summed E-state index contributed by atoms with van der Waals surface area (Å²) in [7, 11) is -3.38. The molecule has 1 unspecified atom stereocenters. The van der Waals surface area contributed by atoms with Gasteiger partial charge in [0.05, 0.1) is 12.9 Å². The van der Waals surface area contributed by atoms with E-state index in [-0.39, 0.29) is 19.7 Å². The topological polar surface area (TPSA) is 46.6 Å². The van der Waals surface area contributed by atoms with Crippen LogP contribution in [0.5, 0.6) is 0 Å². The maximum atomic E-state index is 12.0. The summed E-state index contributed by atoms with van der Waals surface area (Å²) in [4.78, 5) is 0. The molecule has 0 aromatic heterocycles. The molecule has 0 heterocycles. The molecule has 0 saturated carbocycles. The summed E-state index contributed by atoms with van der Waals surface area (Å²) in [5, 5.41) is 0. The SMILES string of the molecule is CCN(CCOC(C)C(F)(F)F)S(C)(=O)=O. The maximum absolute atomic E-state index is 12.0. The average molecular weight is 263 g/mol. The Labute approximate surface area is 93.4 Å². The third kappa shape index (κ3) is 5.66. The fourth-order valence-electron chi connectivity index (χ4n) is 0.984. The van der Waals surface area contributed by atoms with Gasteiger partial charge in [-0.2, -0.15) is 13.2 Å². The van der Waals surface area contributed by atoms with Crippen molar-refractivity contribution in [1.29, 1.82) is 0 Å². The lowest BCUT2D eigenvalue weighted by Gasteiger charge is -2.20. The predicted molar refractivity (Wildman–Crippen MR) is 53.6 cm³/mol. The van der Waals surface area contributed by atoms with E-state index in [1.807, 2.05) is 0 Å². The minimum atomic E-state index is -4.41. The summed E-state index contributed by atoms with van der Waals surface area (Å²) in [5.74, 6) is 0. The fraction of sp³-hybridized carbons (Fsp3) is 1.00. The Morgan fingerprint density at radius 2 is 1.88 bits per heavy atom. The van der Waals surface area contributed by atoms with Gasteiger partial charge in [-0.15, -0.1) is 0 Å². The van der Waals surface area contributed by atoms with Crippen molar-refractivity contribution >= 4 is 10.0 Å². The molecule has 0 aliphatic heterocycles. The number of nitrogens with zero attached hydrogens (tertiary/aromatic N) is 1. The fourth-order valence-corrected chi connectivity index (χ4v) is 1.86. The van der Waals surface area contributed by atoms with E-state index in [1.165, 1.54) is 0 Å². The maximum Gasteiger partial charge on any atom is 0.414 e. The normalized spacial score (nSPS) is 15.4. The molecule has 98 valence electrons. The Balaban J connectivity index is 4.08. The number of sulfonamides is 1. The Morgan fingerprint density at radius 3 is 2.19 bits per heavy atom. The second-order valence-corrected chi connectivity index (χ2v) is 5.29. The molecule has 0 fully saturated rings. The van der Waals surface area contributed by atoms with Crippen LogP contribution in [-0.2, 0) is 14.8 Å². The van der Waals surface area contributed by atoms with Crippen molar-refractivity contribution < 1.29 is 26.3 Å². The van der Waals surface area contributed by atoms with Gasteiger partial charge in [-0.05, 0) is 6.92 Å². The molecule has 1 atom stereocenters. The van der Waals surface area contributed by atoms with Crippen LogP contribution in [0.2, 0.25) is 0 Å². The molecule has 4 nitrogen and oxygen atoms in total. The lowest BCUT2D eigenvalue weighted by Crippen LogP contribution is -2.36.